The second-order valence-corrected chi connectivity index (χ2v) is 5.02. The third-order valence-electron chi connectivity index (χ3n) is 2.88. The lowest BCUT2D eigenvalue weighted by molar-refractivity contribution is 0.0592. The first-order valence-electron chi connectivity index (χ1n) is 6.11. The van der Waals surface area contributed by atoms with Gasteiger partial charge in [-0.2, -0.15) is 0 Å². The van der Waals surface area contributed by atoms with Gasteiger partial charge in [0.25, 0.3) is 0 Å². The predicted octanol–water partition coefficient (Wildman–Crippen LogP) is 1.38. The Hall–Kier alpha value is -1.73. The molecule has 0 atom stereocenters. The highest BCUT2D eigenvalue weighted by atomic mass is 79.9. The number of ether oxygens (including phenoxy) is 1. The Morgan fingerprint density at radius 3 is 2.85 bits per heavy atom. The van der Waals surface area contributed by atoms with Gasteiger partial charge >= 0.3 is 5.97 Å². The standard InChI is InChI=1S/C13H15BrN4O2/c1-20-13(19)12-11(6-7-15)18(17-16-12)8-9-4-2-3-5-10(9)14/h2-5H,6-8,15H2,1H3. The van der Waals surface area contributed by atoms with Crippen LogP contribution in [0.15, 0.2) is 28.7 Å². The molecule has 0 bridgehead atoms. The molecule has 2 N–H and O–H groups in total. The summed E-state index contributed by atoms with van der Waals surface area (Å²) in [4.78, 5) is 11.7. The number of halogens is 1. The van der Waals surface area contributed by atoms with Crippen molar-refractivity contribution in [2.75, 3.05) is 13.7 Å². The molecule has 0 saturated heterocycles. The maximum absolute atomic E-state index is 11.7. The highest BCUT2D eigenvalue weighted by Gasteiger charge is 2.20. The molecule has 1 heterocycles. The number of carbonyl (C=O) groups excluding carboxylic acids is 1. The summed E-state index contributed by atoms with van der Waals surface area (Å²) in [5, 5.41) is 7.93. The van der Waals surface area contributed by atoms with Crippen LogP contribution in [-0.4, -0.2) is 34.6 Å². The van der Waals surface area contributed by atoms with Crippen molar-refractivity contribution in [2.45, 2.75) is 13.0 Å². The van der Waals surface area contributed by atoms with Gasteiger partial charge in [-0.1, -0.05) is 39.3 Å². The van der Waals surface area contributed by atoms with Crippen molar-refractivity contribution < 1.29 is 9.53 Å². The molecule has 7 heteroatoms. The van der Waals surface area contributed by atoms with E-state index in [9.17, 15) is 4.79 Å². The third-order valence-corrected chi connectivity index (χ3v) is 3.65. The van der Waals surface area contributed by atoms with Crippen LogP contribution in [0.2, 0.25) is 0 Å². The number of rotatable bonds is 5. The number of aromatic nitrogens is 3. The fraction of sp³-hybridized carbons (Fsp3) is 0.308. The van der Waals surface area contributed by atoms with Gasteiger partial charge in [-0.25, -0.2) is 9.48 Å². The summed E-state index contributed by atoms with van der Waals surface area (Å²) in [6.07, 6.45) is 0.516. The van der Waals surface area contributed by atoms with Crippen molar-refractivity contribution in [1.29, 1.82) is 0 Å². The van der Waals surface area contributed by atoms with Crippen LogP contribution >= 0.6 is 15.9 Å². The van der Waals surface area contributed by atoms with Gasteiger partial charge in [0.2, 0.25) is 0 Å². The number of nitrogens with zero attached hydrogens (tertiary/aromatic N) is 3. The molecule has 6 nitrogen and oxygen atoms in total. The lowest BCUT2D eigenvalue weighted by Gasteiger charge is -2.08. The molecule has 0 aliphatic rings. The minimum atomic E-state index is -0.494. The van der Waals surface area contributed by atoms with Gasteiger partial charge in [0.15, 0.2) is 5.69 Å². The molecule has 0 spiro atoms. The molecule has 0 aliphatic carbocycles. The molecule has 20 heavy (non-hydrogen) atoms. The van der Waals surface area contributed by atoms with E-state index in [-0.39, 0.29) is 5.69 Å². The van der Waals surface area contributed by atoms with Gasteiger partial charge in [-0.15, -0.1) is 5.10 Å². The monoisotopic (exact) mass is 338 g/mol. The zero-order valence-electron chi connectivity index (χ0n) is 11.0. The topological polar surface area (TPSA) is 83.0 Å². The molecular formula is C13H15BrN4O2. The summed E-state index contributed by atoms with van der Waals surface area (Å²) < 4.78 is 7.37. The number of hydrogen-bond acceptors (Lipinski definition) is 5. The number of benzene rings is 1. The van der Waals surface area contributed by atoms with Crippen LogP contribution in [0.5, 0.6) is 0 Å². The Bertz CT molecular complexity index is 612. The van der Waals surface area contributed by atoms with Gasteiger partial charge in [0.1, 0.15) is 0 Å². The van der Waals surface area contributed by atoms with E-state index >= 15 is 0 Å². The van der Waals surface area contributed by atoms with Gasteiger partial charge in [-0.3, -0.25) is 0 Å². The fourth-order valence-corrected chi connectivity index (χ4v) is 2.30. The molecule has 0 saturated carbocycles. The number of esters is 1. The van der Waals surface area contributed by atoms with Crippen LogP contribution in [0.3, 0.4) is 0 Å². The molecule has 0 fully saturated rings. The first-order valence-corrected chi connectivity index (χ1v) is 6.90. The summed E-state index contributed by atoms with van der Waals surface area (Å²) in [6, 6.07) is 7.82. The van der Waals surface area contributed by atoms with E-state index in [1.54, 1.807) is 4.68 Å². The van der Waals surface area contributed by atoms with Gasteiger partial charge in [0, 0.05) is 10.9 Å². The second kappa shape index (κ2) is 6.62. The van der Waals surface area contributed by atoms with Gasteiger partial charge < -0.3 is 10.5 Å². The van der Waals surface area contributed by atoms with Crippen molar-refractivity contribution in [3.05, 3.63) is 45.7 Å². The highest BCUT2D eigenvalue weighted by molar-refractivity contribution is 9.10. The van der Waals surface area contributed by atoms with Gasteiger partial charge in [-0.05, 0) is 18.2 Å². The molecule has 2 aromatic rings. The largest absolute Gasteiger partial charge is 0.464 e. The number of nitrogens with two attached hydrogens (primary N) is 1. The van der Waals surface area contributed by atoms with E-state index in [0.29, 0.717) is 25.2 Å². The SMILES string of the molecule is COC(=O)c1nnn(Cc2ccccc2Br)c1CCN. The van der Waals surface area contributed by atoms with Crippen LogP contribution < -0.4 is 5.73 Å². The smallest absolute Gasteiger partial charge is 0.360 e. The zero-order chi connectivity index (χ0) is 14.5. The molecule has 1 aromatic heterocycles. The summed E-state index contributed by atoms with van der Waals surface area (Å²) in [5.41, 5.74) is 7.56. The molecule has 0 amide bonds. The Labute approximate surface area is 125 Å². The lowest BCUT2D eigenvalue weighted by atomic mass is 10.2. The first-order chi connectivity index (χ1) is 9.67. The van der Waals surface area contributed by atoms with Crippen LogP contribution in [0.25, 0.3) is 0 Å². The number of hydrogen-bond donors (Lipinski definition) is 1. The van der Waals surface area contributed by atoms with E-state index in [1.807, 2.05) is 24.3 Å². The molecule has 0 radical (unpaired) electrons. The normalized spacial score (nSPS) is 10.6. The fourth-order valence-electron chi connectivity index (χ4n) is 1.89. The van der Waals surface area contributed by atoms with E-state index in [1.165, 1.54) is 7.11 Å². The maximum atomic E-state index is 11.7. The summed E-state index contributed by atoms with van der Waals surface area (Å²) >= 11 is 3.49. The van der Waals surface area contributed by atoms with Crippen molar-refractivity contribution in [1.82, 2.24) is 15.0 Å². The van der Waals surface area contributed by atoms with Crippen molar-refractivity contribution in [2.24, 2.45) is 5.73 Å². The Kier molecular flexibility index (Phi) is 4.86. The minimum Gasteiger partial charge on any atom is -0.464 e. The summed E-state index contributed by atoms with van der Waals surface area (Å²) in [7, 11) is 1.32. The molecule has 0 unspecified atom stereocenters. The van der Waals surface area contributed by atoms with Crippen molar-refractivity contribution >= 4 is 21.9 Å². The summed E-state index contributed by atoms with van der Waals surface area (Å²) in [5.74, 6) is -0.494. The predicted molar refractivity (Wildman–Crippen MR) is 77.4 cm³/mol. The quantitative estimate of drug-likeness (QED) is 0.832. The Balaban J connectivity index is 2.34. The van der Waals surface area contributed by atoms with E-state index in [0.717, 1.165) is 10.0 Å². The van der Waals surface area contributed by atoms with Gasteiger partial charge in [0.05, 0.1) is 19.3 Å². The van der Waals surface area contributed by atoms with Crippen molar-refractivity contribution in [3.8, 4) is 0 Å². The second-order valence-electron chi connectivity index (χ2n) is 4.16. The zero-order valence-corrected chi connectivity index (χ0v) is 12.6. The molecule has 0 aliphatic heterocycles. The lowest BCUT2D eigenvalue weighted by Crippen LogP contribution is -2.15. The van der Waals surface area contributed by atoms with Crippen LogP contribution in [0.4, 0.5) is 0 Å². The van der Waals surface area contributed by atoms with E-state index < -0.39 is 5.97 Å². The number of methoxy groups -OCH3 is 1. The average molecular weight is 339 g/mol. The van der Waals surface area contributed by atoms with E-state index in [2.05, 4.69) is 26.2 Å². The first kappa shape index (κ1) is 14.7. The minimum absolute atomic E-state index is 0.227. The average Bonchev–Trinajstić information content (AvgIpc) is 2.84. The summed E-state index contributed by atoms with van der Waals surface area (Å²) in [6.45, 7) is 0.925. The Morgan fingerprint density at radius 2 is 2.20 bits per heavy atom. The van der Waals surface area contributed by atoms with Crippen LogP contribution in [0.1, 0.15) is 21.7 Å². The molecule has 2 rings (SSSR count). The van der Waals surface area contributed by atoms with Crippen molar-refractivity contribution in [3.63, 3.8) is 0 Å². The Morgan fingerprint density at radius 1 is 1.45 bits per heavy atom. The maximum Gasteiger partial charge on any atom is 0.360 e. The third kappa shape index (κ3) is 3.05. The molecule has 1 aromatic carbocycles. The van der Waals surface area contributed by atoms with Crippen LogP contribution in [0, 0.1) is 0 Å². The van der Waals surface area contributed by atoms with E-state index in [4.69, 9.17) is 10.5 Å². The van der Waals surface area contributed by atoms with Crippen LogP contribution in [-0.2, 0) is 17.7 Å². The highest BCUT2D eigenvalue weighted by Crippen LogP contribution is 2.18. The number of carbonyl (C=O) groups is 1. The molecular weight excluding hydrogens is 324 g/mol. The molecule has 106 valence electrons.